The maximum absolute atomic E-state index is 10.8. The van der Waals surface area contributed by atoms with Gasteiger partial charge in [0.25, 0.3) is 0 Å². The number of benzene rings is 3. The Kier molecular flexibility index (Phi) is 4.98. The molecule has 2 aliphatic heterocycles. The van der Waals surface area contributed by atoms with Gasteiger partial charge in [0.15, 0.2) is 23.0 Å². The van der Waals surface area contributed by atoms with Crippen molar-refractivity contribution in [1.29, 1.82) is 0 Å². The van der Waals surface area contributed by atoms with Crippen molar-refractivity contribution in [1.82, 2.24) is 4.90 Å². The second kappa shape index (κ2) is 7.82. The zero-order valence-corrected chi connectivity index (χ0v) is 18.1. The van der Waals surface area contributed by atoms with Crippen molar-refractivity contribution >= 4 is 0 Å². The van der Waals surface area contributed by atoms with E-state index < -0.39 is 0 Å². The van der Waals surface area contributed by atoms with Crippen LogP contribution < -0.4 is 14.2 Å². The molecule has 0 aliphatic carbocycles. The number of hydrogen-bond acceptors (Lipinski definition) is 5. The average molecular weight is 418 g/mol. The highest BCUT2D eigenvalue weighted by Crippen LogP contribution is 2.55. The zero-order chi connectivity index (χ0) is 21.5. The van der Waals surface area contributed by atoms with Crippen LogP contribution >= 0.6 is 0 Å². The molecule has 0 fully saturated rings. The zero-order valence-electron chi connectivity index (χ0n) is 18.1. The van der Waals surface area contributed by atoms with Gasteiger partial charge in [0.05, 0.1) is 20.3 Å². The normalized spacial score (nSPS) is 19.6. The van der Waals surface area contributed by atoms with Gasteiger partial charge in [-0.15, -0.1) is 0 Å². The van der Waals surface area contributed by atoms with E-state index in [-0.39, 0.29) is 17.9 Å². The highest BCUT2D eigenvalue weighted by atomic mass is 16.5. The molecule has 0 saturated carbocycles. The largest absolute Gasteiger partial charge is 0.504 e. The number of likely N-dealkylation sites (N-methyl/N-ethyl adjacent to an activating group) is 1. The Bertz CT molecular complexity index is 1110. The molecule has 0 saturated heterocycles. The molecule has 0 aromatic heterocycles. The Hall–Kier alpha value is -3.18. The van der Waals surface area contributed by atoms with Crippen molar-refractivity contribution in [2.45, 2.75) is 25.0 Å². The van der Waals surface area contributed by atoms with Crippen LogP contribution in [0, 0.1) is 0 Å². The first-order valence-corrected chi connectivity index (χ1v) is 10.6. The van der Waals surface area contributed by atoms with Crippen LogP contribution in [0.2, 0.25) is 0 Å². The third-order valence-corrected chi connectivity index (χ3v) is 6.47. The first-order chi connectivity index (χ1) is 15.1. The van der Waals surface area contributed by atoms with Gasteiger partial charge in [-0.1, -0.05) is 36.4 Å². The van der Waals surface area contributed by atoms with Crippen LogP contribution in [-0.2, 0) is 12.8 Å². The van der Waals surface area contributed by atoms with Crippen molar-refractivity contribution in [2.24, 2.45) is 0 Å². The molecule has 5 rings (SSSR count). The molecular weight excluding hydrogens is 390 g/mol. The van der Waals surface area contributed by atoms with E-state index >= 15 is 0 Å². The number of nitrogens with zero attached hydrogens (tertiary/aromatic N) is 1. The smallest absolute Gasteiger partial charge is 0.167 e. The minimum Gasteiger partial charge on any atom is -0.504 e. The maximum Gasteiger partial charge on any atom is 0.167 e. The highest BCUT2D eigenvalue weighted by Gasteiger charge is 2.44. The van der Waals surface area contributed by atoms with E-state index in [2.05, 4.69) is 36.2 Å². The molecule has 5 nitrogen and oxygen atoms in total. The molecule has 2 aliphatic rings. The fraction of sp³-hybridized carbons (Fsp3) is 0.308. The predicted octanol–water partition coefficient (Wildman–Crippen LogP) is 4.66. The number of hydrogen-bond donors (Lipinski definition) is 1. The van der Waals surface area contributed by atoms with E-state index in [0.29, 0.717) is 12.2 Å². The molecule has 3 aromatic rings. The van der Waals surface area contributed by atoms with Crippen LogP contribution in [0.15, 0.2) is 54.6 Å². The predicted molar refractivity (Wildman–Crippen MR) is 119 cm³/mol. The average Bonchev–Trinajstić information content (AvgIpc) is 3.20. The number of aromatic hydroxyl groups is 1. The third-order valence-electron chi connectivity index (χ3n) is 6.47. The lowest BCUT2D eigenvalue weighted by Crippen LogP contribution is -2.34. The molecule has 1 N–H and O–H groups in total. The summed E-state index contributed by atoms with van der Waals surface area (Å²) in [6.45, 7) is 0.968. The second-order valence-corrected chi connectivity index (χ2v) is 8.28. The van der Waals surface area contributed by atoms with Crippen LogP contribution in [0.25, 0.3) is 0 Å². The van der Waals surface area contributed by atoms with Gasteiger partial charge < -0.3 is 19.3 Å². The van der Waals surface area contributed by atoms with Crippen LogP contribution in [0.5, 0.6) is 23.0 Å². The first-order valence-electron chi connectivity index (χ1n) is 10.6. The van der Waals surface area contributed by atoms with E-state index in [1.165, 1.54) is 11.1 Å². The molecule has 0 bridgehead atoms. The molecule has 0 spiro atoms. The van der Waals surface area contributed by atoms with Gasteiger partial charge in [0.2, 0.25) is 0 Å². The summed E-state index contributed by atoms with van der Waals surface area (Å²) in [6, 6.07) is 18.3. The summed E-state index contributed by atoms with van der Waals surface area (Å²) in [4.78, 5) is 2.35. The standard InChI is InChI=1S/C26H27NO4/c1-27-12-11-17-9-10-20(29-2)26-22(17)23(27)25(31-26)19-14-18(24(28)21(15-19)30-3)13-16-7-5-4-6-8-16/h4-10,14-15,23,25,28H,11-13H2,1-3H3/t23-,25+/m1/s1. The summed E-state index contributed by atoms with van der Waals surface area (Å²) < 4.78 is 17.7. The van der Waals surface area contributed by atoms with Crippen molar-refractivity contribution in [3.05, 3.63) is 82.4 Å². The van der Waals surface area contributed by atoms with E-state index in [1.807, 2.05) is 30.3 Å². The molecule has 0 radical (unpaired) electrons. The Morgan fingerprint density at radius 3 is 2.55 bits per heavy atom. The van der Waals surface area contributed by atoms with Gasteiger partial charge in [-0.25, -0.2) is 0 Å². The lowest BCUT2D eigenvalue weighted by molar-refractivity contribution is 0.110. The number of phenolic OH excluding ortho intramolecular Hbond substituents is 1. The number of ether oxygens (including phenoxy) is 3. The van der Waals surface area contributed by atoms with Gasteiger partial charge in [-0.3, -0.25) is 4.90 Å². The number of phenols is 1. The summed E-state index contributed by atoms with van der Waals surface area (Å²) in [6.07, 6.45) is 1.40. The Morgan fingerprint density at radius 2 is 1.81 bits per heavy atom. The minimum atomic E-state index is -0.209. The SMILES string of the molecule is COc1cc([C@@H]2Oc3c(OC)ccc4c3[C@H]2N(C)CC4)cc(Cc2ccccc2)c1O. The third kappa shape index (κ3) is 3.29. The van der Waals surface area contributed by atoms with Crippen LogP contribution in [0.1, 0.15) is 40.0 Å². The lowest BCUT2D eigenvalue weighted by Gasteiger charge is -2.33. The van der Waals surface area contributed by atoms with Gasteiger partial charge in [0, 0.05) is 24.1 Å². The van der Waals surface area contributed by atoms with Crippen LogP contribution in [0.4, 0.5) is 0 Å². The first kappa shape index (κ1) is 19.8. The van der Waals surface area contributed by atoms with Gasteiger partial charge in [-0.2, -0.15) is 0 Å². The van der Waals surface area contributed by atoms with Crippen molar-refractivity contribution in [3.8, 4) is 23.0 Å². The van der Waals surface area contributed by atoms with Gasteiger partial charge in [-0.05, 0) is 48.4 Å². The fourth-order valence-electron chi connectivity index (χ4n) is 4.88. The quantitative estimate of drug-likeness (QED) is 0.654. The minimum absolute atomic E-state index is 0.0904. The highest BCUT2D eigenvalue weighted by molar-refractivity contribution is 5.58. The molecule has 0 amide bonds. The number of rotatable bonds is 5. The summed E-state index contributed by atoms with van der Waals surface area (Å²) in [7, 11) is 5.41. The topological polar surface area (TPSA) is 51.2 Å². The monoisotopic (exact) mass is 417 g/mol. The molecule has 0 unspecified atom stereocenters. The summed E-state index contributed by atoms with van der Waals surface area (Å²) in [5, 5.41) is 10.8. The molecular formula is C26H27NO4. The Balaban J connectivity index is 1.60. The molecule has 3 aromatic carbocycles. The Morgan fingerprint density at radius 1 is 1.03 bits per heavy atom. The van der Waals surface area contributed by atoms with E-state index in [4.69, 9.17) is 14.2 Å². The lowest BCUT2D eigenvalue weighted by atomic mass is 9.87. The molecule has 31 heavy (non-hydrogen) atoms. The summed E-state index contributed by atoms with van der Waals surface area (Å²) in [5.74, 6) is 2.24. The Labute approximate surface area is 182 Å². The van der Waals surface area contributed by atoms with Gasteiger partial charge in [0.1, 0.15) is 6.10 Å². The van der Waals surface area contributed by atoms with E-state index in [1.54, 1.807) is 14.2 Å². The summed E-state index contributed by atoms with van der Waals surface area (Å²) in [5.41, 5.74) is 5.48. The number of methoxy groups -OCH3 is 2. The van der Waals surface area contributed by atoms with Gasteiger partial charge >= 0.3 is 0 Å². The second-order valence-electron chi connectivity index (χ2n) is 8.28. The fourth-order valence-corrected chi connectivity index (χ4v) is 4.88. The molecule has 2 heterocycles. The van der Waals surface area contributed by atoms with Crippen molar-refractivity contribution in [2.75, 3.05) is 27.8 Å². The van der Waals surface area contributed by atoms with Crippen LogP contribution in [-0.4, -0.2) is 37.8 Å². The molecule has 5 heteroatoms. The van der Waals surface area contributed by atoms with E-state index in [9.17, 15) is 5.11 Å². The molecule has 160 valence electrons. The van der Waals surface area contributed by atoms with Crippen molar-refractivity contribution in [3.63, 3.8) is 0 Å². The summed E-state index contributed by atoms with van der Waals surface area (Å²) >= 11 is 0. The van der Waals surface area contributed by atoms with E-state index in [0.717, 1.165) is 41.2 Å². The molecule has 2 atom stereocenters. The van der Waals surface area contributed by atoms with Crippen molar-refractivity contribution < 1.29 is 19.3 Å². The van der Waals surface area contributed by atoms with Crippen LogP contribution in [0.3, 0.4) is 0 Å². The maximum atomic E-state index is 10.8.